The number of amides is 1. The molecular weight excluding hydrogens is 308 g/mol. The number of carbonyl (C=O) groups is 1. The summed E-state index contributed by atoms with van der Waals surface area (Å²) in [6, 6.07) is 4.93. The molecule has 22 heavy (non-hydrogen) atoms. The summed E-state index contributed by atoms with van der Waals surface area (Å²) >= 11 is 0. The van der Waals surface area contributed by atoms with E-state index in [1.807, 2.05) is 6.07 Å². The zero-order chi connectivity index (χ0) is 16.0. The van der Waals surface area contributed by atoms with Gasteiger partial charge in [-0.2, -0.15) is 0 Å². The van der Waals surface area contributed by atoms with Gasteiger partial charge in [0.05, 0.1) is 19.3 Å². The van der Waals surface area contributed by atoms with Gasteiger partial charge in [0, 0.05) is 24.4 Å². The molecule has 1 aromatic rings. The molecule has 1 saturated heterocycles. The maximum Gasteiger partial charge on any atom is 0.235 e. The Morgan fingerprint density at radius 1 is 1.50 bits per heavy atom. The Bertz CT molecular complexity index is 591. The first-order valence-electron chi connectivity index (χ1n) is 7.15. The normalized spacial score (nSPS) is 22.0. The van der Waals surface area contributed by atoms with Crippen LogP contribution in [0.3, 0.4) is 0 Å². The van der Waals surface area contributed by atoms with Crippen molar-refractivity contribution in [1.82, 2.24) is 10.3 Å². The van der Waals surface area contributed by atoms with Crippen molar-refractivity contribution >= 4 is 15.7 Å². The number of sulfone groups is 1. The molecule has 1 N–H and O–H groups in total. The Labute approximate surface area is 129 Å². The van der Waals surface area contributed by atoms with Crippen molar-refractivity contribution in [3.8, 4) is 5.88 Å². The van der Waals surface area contributed by atoms with Gasteiger partial charge in [-0.1, -0.05) is 13.0 Å². The number of carbonyl (C=O) groups excluding carboxylic acids is 1. The molecule has 0 radical (unpaired) electrons. The first kappa shape index (κ1) is 16.7. The average molecular weight is 328 g/mol. The molecule has 1 fully saturated rings. The van der Waals surface area contributed by atoms with Crippen LogP contribution in [-0.4, -0.2) is 56.2 Å². The average Bonchev–Trinajstić information content (AvgIpc) is 2.50. The summed E-state index contributed by atoms with van der Waals surface area (Å²) in [5.74, 6) is -0.645. The van der Waals surface area contributed by atoms with Crippen molar-refractivity contribution in [2.75, 3.05) is 24.7 Å². The Morgan fingerprint density at radius 2 is 2.32 bits per heavy atom. The van der Waals surface area contributed by atoms with Crippen LogP contribution < -0.4 is 10.1 Å². The van der Waals surface area contributed by atoms with Crippen LogP contribution in [0, 0.1) is 0 Å². The highest BCUT2D eigenvalue weighted by Gasteiger charge is 2.30. The molecule has 0 aromatic carbocycles. The topological polar surface area (TPSA) is 94.6 Å². The minimum atomic E-state index is -3.35. The first-order valence-corrected chi connectivity index (χ1v) is 8.97. The Kier molecular flexibility index (Phi) is 5.73. The Balaban J connectivity index is 1.96. The number of hydrogen-bond acceptors (Lipinski definition) is 6. The van der Waals surface area contributed by atoms with Crippen LogP contribution in [0.5, 0.6) is 5.88 Å². The van der Waals surface area contributed by atoms with Gasteiger partial charge in [0.1, 0.15) is 11.9 Å². The third-order valence-corrected chi connectivity index (χ3v) is 4.92. The molecule has 2 atom stereocenters. The molecule has 2 rings (SSSR count). The second kappa shape index (κ2) is 7.55. The van der Waals surface area contributed by atoms with E-state index in [2.05, 4.69) is 10.3 Å². The number of aromatic nitrogens is 1. The Hall–Kier alpha value is -1.67. The number of pyridine rings is 1. The highest BCUT2D eigenvalue weighted by Crippen LogP contribution is 2.15. The van der Waals surface area contributed by atoms with Crippen molar-refractivity contribution in [1.29, 1.82) is 0 Å². The van der Waals surface area contributed by atoms with Crippen LogP contribution in [0.15, 0.2) is 24.4 Å². The fourth-order valence-electron chi connectivity index (χ4n) is 2.12. The van der Waals surface area contributed by atoms with Crippen molar-refractivity contribution in [3.05, 3.63) is 24.4 Å². The predicted molar refractivity (Wildman–Crippen MR) is 80.3 cm³/mol. The van der Waals surface area contributed by atoms with E-state index in [0.29, 0.717) is 18.9 Å². The second-order valence-corrected chi connectivity index (χ2v) is 7.39. The molecule has 2 heterocycles. The molecule has 0 aliphatic carbocycles. The monoisotopic (exact) mass is 328 g/mol. The molecule has 1 aliphatic rings. The summed E-state index contributed by atoms with van der Waals surface area (Å²) in [7, 11) is -3.35. The summed E-state index contributed by atoms with van der Waals surface area (Å²) in [4.78, 5) is 16.0. The smallest absolute Gasteiger partial charge is 0.235 e. The van der Waals surface area contributed by atoms with E-state index in [4.69, 9.17) is 9.47 Å². The zero-order valence-electron chi connectivity index (χ0n) is 12.4. The summed E-state index contributed by atoms with van der Waals surface area (Å²) < 4.78 is 34.1. The summed E-state index contributed by atoms with van der Waals surface area (Å²) in [5, 5.41) is 2.68. The minimum Gasteiger partial charge on any atom is -0.472 e. The lowest BCUT2D eigenvalue weighted by Crippen LogP contribution is -2.53. The van der Waals surface area contributed by atoms with E-state index in [9.17, 15) is 13.2 Å². The molecule has 8 heteroatoms. The van der Waals surface area contributed by atoms with E-state index in [0.717, 1.165) is 0 Å². The summed E-state index contributed by atoms with van der Waals surface area (Å²) in [6.45, 7) is 2.33. The van der Waals surface area contributed by atoms with Gasteiger partial charge >= 0.3 is 0 Å². The van der Waals surface area contributed by atoms with Gasteiger partial charge in [-0.3, -0.25) is 4.79 Å². The third kappa shape index (κ3) is 4.96. The van der Waals surface area contributed by atoms with E-state index in [-0.39, 0.29) is 18.5 Å². The van der Waals surface area contributed by atoms with Crippen molar-refractivity contribution in [3.63, 3.8) is 0 Å². The van der Waals surface area contributed by atoms with Crippen LogP contribution in [-0.2, 0) is 19.4 Å². The van der Waals surface area contributed by atoms with E-state index in [1.54, 1.807) is 18.3 Å². The van der Waals surface area contributed by atoms with Gasteiger partial charge < -0.3 is 14.8 Å². The fourth-order valence-corrected chi connectivity index (χ4v) is 2.80. The van der Waals surface area contributed by atoms with Gasteiger partial charge in [-0.15, -0.1) is 0 Å². The molecular formula is C14H20N2O5S. The maximum atomic E-state index is 11.9. The second-order valence-electron chi connectivity index (χ2n) is 5.04. The standard InChI is InChI=1S/C14H20N2O5S/c1-2-22(18,19)10-13(17)16-11-9-20-8-6-12(11)21-14-5-3-4-7-15-14/h3-5,7,11-12H,2,6,8-10H2,1H3,(H,16,17)/t11-,12-/m1/s1. The van der Waals surface area contributed by atoms with Gasteiger partial charge in [0.25, 0.3) is 0 Å². The van der Waals surface area contributed by atoms with Crippen LogP contribution in [0.1, 0.15) is 13.3 Å². The van der Waals surface area contributed by atoms with Crippen LogP contribution in [0.4, 0.5) is 0 Å². The number of rotatable bonds is 6. The molecule has 0 unspecified atom stereocenters. The molecule has 7 nitrogen and oxygen atoms in total. The lowest BCUT2D eigenvalue weighted by atomic mass is 10.1. The SMILES string of the molecule is CCS(=O)(=O)CC(=O)N[C@@H]1COCC[C@H]1Oc1ccccn1. The largest absolute Gasteiger partial charge is 0.472 e. The maximum absolute atomic E-state index is 11.9. The summed E-state index contributed by atoms with van der Waals surface area (Å²) in [6.07, 6.45) is 1.93. The lowest BCUT2D eigenvalue weighted by molar-refractivity contribution is -0.121. The zero-order valence-corrected chi connectivity index (χ0v) is 13.2. The van der Waals surface area contributed by atoms with Gasteiger partial charge in [0.15, 0.2) is 9.84 Å². The van der Waals surface area contributed by atoms with Gasteiger partial charge in [-0.05, 0) is 6.07 Å². The van der Waals surface area contributed by atoms with Crippen LogP contribution in [0.25, 0.3) is 0 Å². The van der Waals surface area contributed by atoms with Crippen molar-refractivity contribution in [2.24, 2.45) is 0 Å². The first-order chi connectivity index (χ1) is 10.5. The van der Waals surface area contributed by atoms with E-state index in [1.165, 1.54) is 6.92 Å². The van der Waals surface area contributed by atoms with Crippen LogP contribution in [0.2, 0.25) is 0 Å². The van der Waals surface area contributed by atoms with E-state index >= 15 is 0 Å². The third-order valence-electron chi connectivity index (χ3n) is 3.34. The van der Waals surface area contributed by atoms with Gasteiger partial charge in [-0.25, -0.2) is 13.4 Å². The number of ether oxygens (including phenoxy) is 2. The fraction of sp³-hybridized carbons (Fsp3) is 0.571. The summed E-state index contributed by atoms with van der Waals surface area (Å²) in [5.41, 5.74) is 0. The highest BCUT2D eigenvalue weighted by atomic mass is 32.2. The van der Waals surface area contributed by atoms with Gasteiger partial charge in [0.2, 0.25) is 11.8 Å². The lowest BCUT2D eigenvalue weighted by Gasteiger charge is -2.32. The molecule has 122 valence electrons. The number of hydrogen-bond donors (Lipinski definition) is 1. The van der Waals surface area contributed by atoms with E-state index < -0.39 is 27.5 Å². The quantitative estimate of drug-likeness (QED) is 0.800. The molecule has 1 aromatic heterocycles. The predicted octanol–water partition coefficient (Wildman–Crippen LogP) is 0.169. The van der Waals surface area contributed by atoms with Crippen molar-refractivity contribution in [2.45, 2.75) is 25.5 Å². The van der Waals surface area contributed by atoms with Crippen LogP contribution >= 0.6 is 0 Å². The molecule has 1 aliphatic heterocycles. The Morgan fingerprint density at radius 3 is 3.00 bits per heavy atom. The highest BCUT2D eigenvalue weighted by molar-refractivity contribution is 7.92. The molecule has 0 bridgehead atoms. The molecule has 0 saturated carbocycles. The number of nitrogens with zero attached hydrogens (tertiary/aromatic N) is 1. The molecule has 0 spiro atoms. The minimum absolute atomic E-state index is 0.0601. The van der Waals surface area contributed by atoms with Crippen molar-refractivity contribution < 1.29 is 22.7 Å². The molecule has 1 amide bonds. The number of nitrogens with one attached hydrogen (secondary N) is 1.